The Kier molecular flexibility index (Phi) is 7.44. The molecule has 1 aromatic heterocycles. The second-order valence-electron chi connectivity index (χ2n) is 5.03. The second kappa shape index (κ2) is 8.59. The minimum Gasteiger partial charge on any atom is -0.309 e. The van der Waals surface area contributed by atoms with Crippen LogP contribution in [0.5, 0.6) is 0 Å². The first-order chi connectivity index (χ1) is 8.74. The van der Waals surface area contributed by atoms with Gasteiger partial charge in [-0.2, -0.15) is 0 Å². The Morgan fingerprint density at radius 1 is 1.17 bits per heavy atom. The van der Waals surface area contributed by atoms with Gasteiger partial charge in [-0.1, -0.05) is 45.0 Å². The standard InChI is InChI=1S/C14H27N3S/c1-5-8-11(4)13(15-10-7-3)14-12(9-6-2)16-17-18-14/h11,13,15H,5-10H2,1-4H3. The fraction of sp³-hybridized carbons (Fsp3) is 0.857. The van der Waals surface area contributed by atoms with E-state index in [2.05, 4.69) is 42.6 Å². The SMILES string of the molecule is CCCNC(c1snnc1CCC)C(C)CCC. The van der Waals surface area contributed by atoms with Gasteiger partial charge in [-0.25, -0.2) is 0 Å². The van der Waals surface area contributed by atoms with Crippen LogP contribution in [0.3, 0.4) is 0 Å². The highest BCUT2D eigenvalue weighted by molar-refractivity contribution is 7.05. The molecule has 1 aromatic rings. The molecule has 1 N–H and O–H groups in total. The van der Waals surface area contributed by atoms with Gasteiger partial charge in [0.1, 0.15) is 0 Å². The van der Waals surface area contributed by atoms with Crippen LogP contribution in [0, 0.1) is 5.92 Å². The van der Waals surface area contributed by atoms with Gasteiger partial charge in [-0.05, 0) is 43.3 Å². The molecule has 104 valence electrons. The lowest BCUT2D eigenvalue weighted by Gasteiger charge is -2.24. The van der Waals surface area contributed by atoms with Crippen molar-refractivity contribution in [1.29, 1.82) is 0 Å². The number of hydrogen-bond acceptors (Lipinski definition) is 4. The molecule has 0 amide bonds. The molecule has 18 heavy (non-hydrogen) atoms. The first-order valence-electron chi connectivity index (χ1n) is 7.29. The van der Waals surface area contributed by atoms with Gasteiger partial charge < -0.3 is 5.32 Å². The van der Waals surface area contributed by atoms with E-state index in [1.165, 1.54) is 29.8 Å². The quantitative estimate of drug-likeness (QED) is 0.737. The van der Waals surface area contributed by atoms with Crippen LogP contribution in [-0.2, 0) is 6.42 Å². The van der Waals surface area contributed by atoms with Crippen molar-refractivity contribution in [3.63, 3.8) is 0 Å². The molecule has 0 aromatic carbocycles. The van der Waals surface area contributed by atoms with Gasteiger partial charge in [0.25, 0.3) is 0 Å². The topological polar surface area (TPSA) is 37.8 Å². The van der Waals surface area contributed by atoms with Gasteiger partial charge >= 0.3 is 0 Å². The summed E-state index contributed by atoms with van der Waals surface area (Å²) < 4.78 is 4.16. The maximum atomic E-state index is 4.31. The molecular formula is C14H27N3S. The molecule has 0 fully saturated rings. The maximum absolute atomic E-state index is 4.31. The fourth-order valence-electron chi connectivity index (χ4n) is 2.34. The van der Waals surface area contributed by atoms with E-state index in [4.69, 9.17) is 0 Å². The Morgan fingerprint density at radius 3 is 2.56 bits per heavy atom. The zero-order chi connectivity index (χ0) is 13.4. The number of nitrogens with one attached hydrogen (secondary N) is 1. The molecule has 2 atom stereocenters. The van der Waals surface area contributed by atoms with E-state index in [1.54, 1.807) is 11.5 Å². The van der Waals surface area contributed by atoms with Crippen molar-refractivity contribution in [3.05, 3.63) is 10.6 Å². The van der Waals surface area contributed by atoms with Crippen LogP contribution in [0.25, 0.3) is 0 Å². The average molecular weight is 269 g/mol. The molecule has 4 heteroatoms. The lowest BCUT2D eigenvalue weighted by Crippen LogP contribution is -2.27. The first kappa shape index (κ1) is 15.6. The number of aromatic nitrogens is 2. The molecular weight excluding hydrogens is 242 g/mol. The summed E-state index contributed by atoms with van der Waals surface area (Å²) in [5.74, 6) is 0.652. The summed E-state index contributed by atoms with van der Waals surface area (Å²) in [5.41, 5.74) is 1.21. The third-order valence-electron chi connectivity index (χ3n) is 3.28. The molecule has 0 saturated carbocycles. The van der Waals surface area contributed by atoms with E-state index < -0.39 is 0 Å². The molecule has 0 spiro atoms. The Labute approximate surface area is 116 Å². The highest BCUT2D eigenvalue weighted by Gasteiger charge is 2.23. The third-order valence-corrected chi connectivity index (χ3v) is 4.13. The molecule has 0 saturated heterocycles. The number of hydrogen-bond donors (Lipinski definition) is 1. The molecule has 0 aliphatic carbocycles. The lowest BCUT2D eigenvalue weighted by molar-refractivity contribution is 0.366. The molecule has 0 bridgehead atoms. The molecule has 2 unspecified atom stereocenters. The number of rotatable bonds is 9. The Morgan fingerprint density at radius 2 is 1.94 bits per heavy atom. The van der Waals surface area contributed by atoms with Crippen molar-refractivity contribution in [2.75, 3.05) is 6.54 Å². The number of nitrogens with zero attached hydrogens (tertiary/aromatic N) is 2. The predicted octanol–water partition coefficient (Wildman–Crippen LogP) is 3.97. The van der Waals surface area contributed by atoms with Gasteiger partial charge in [-0.15, -0.1) is 5.10 Å². The van der Waals surface area contributed by atoms with Crippen molar-refractivity contribution >= 4 is 11.5 Å². The van der Waals surface area contributed by atoms with Crippen LogP contribution in [-0.4, -0.2) is 16.1 Å². The molecule has 3 nitrogen and oxygen atoms in total. The van der Waals surface area contributed by atoms with Crippen LogP contribution in [0.4, 0.5) is 0 Å². The predicted molar refractivity (Wildman–Crippen MR) is 79.0 cm³/mol. The molecule has 1 rings (SSSR count). The van der Waals surface area contributed by atoms with Gasteiger partial charge in [0.15, 0.2) is 0 Å². The normalized spacial score (nSPS) is 14.7. The van der Waals surface area contributed by atoms with Crippen LogP contribution in [0.15, 0.2) is 0 Å². The fourth-order valence-corrected chi connectivity index (χ4v) is 3.24. The highest BCUT2D eigenvalue weighted by Crippen LogP contribution is 2.30. The van der Waals surface area contributed by atoms with E-state index in [9.17, 15) is 0 Å². The van der Waals surface area contributed by atoms with Crippen LogP contribution in [0.1, 0.15) is 70.0 Å². The zero-order valence-corrected chi connectivity index (χ0v) is 13.0. The van der Waals surface area contributed by atoms with Crippen molar-refractivity contribution in [3.8, 4) is 0 Å². The largest absolute Gasteiger partial charge is 0.309 e. The van der Waals surface area contributed by atoms with Gasteiger partial charge in [0, 0.05) is 6.04 Å². The van der Waals surface area contributed by atoms with Crippen LogP contribution < -0.4 is 5.32 Å². The van der Waals surface area contributed by atoms with Crippen molar-refractivity contribution in [2.24, 2.45) is 5.92 Å². The van der Waals surface area contributed by atoms with E-state index >= 15 is 0 Å². The Bertz CT molecular complexity index is 325. The lowest BCUT2D eigenvalue weighted by atomic mass is 9.94. The summed E-state index contributed by atoms with van der Waals surface area (Å²) in [6.45, 7) is 10.1. The van der Waals surface area contributed by atoms with E-state index in [0.29, 0.717) is 12.0 Å². The second-order valence-corrected chi connectivity index (χ2v) is 5.82. The first-order valence-corrected chi connectivity index (χ1v) is 8.06. The van der Waals surface area contributed by atoms with E-state index in [-0.39, 0.29) is 0 Å². The van der Waals surface area contributed by atoms with E-state index in [1.807, 2.05) is 0 Å². The van der Waals surface area contributed by atoms with Crippen molar-refractivity contribution in [1.82, 2.24) is 14.9 Å². The summed E-state index contributed by atoms with van der Waals surface area (Å²) >= 11 is 1.58. The van der Waals surface area contributed by atoms with Gasteiger partial charge in [0.2, 0.25) is 0 Å². The minimum atomic E-state index is 0.437. The summed E-state index contributed by atoms with van der Waals surface area (Å²) in [6, 6.07) is 0.437. The minimum absolute atomic E-state index is 0.437. The van der Waals surface area contributed by atoms with E-state index in [0.717, 1.165) is 19.4 Å². The zero-order valence-electron chi connectivity index (χ0n) is 12.2. The van der Waals surface area contributed by atoms with Crippen molar-refractivity contribution in [2.45, 2.75) is 65.8 Å². The summed E-state index contributed by atoms with van der Waals surface area (Å²) in [5, 5.41) is 7.99. The molecule has 0 aliphatic heterocycles. The summed E-state index contributed by atoms with van der Waals surface area (Å²) in [6.07, 6.45) is 5.85. The molecule has 0 aliphatic rings. The van der Waals surface area contributed by atoms with Crippen LogP contribution >= 0.6 is 11.5 Å². The Balaban J connectivity index is 2.82. The highest BCUT2D eigenvalue weighted by atomic mass is 32.1. The smallest absolute Gasteiger partial charge is 0.0803 e. The summed E-state index contributed by atoms with van der Waals surface area (Å²) in [7, 11) is 0. The monoisotopic (exact) mass is 269 g/mol. The van der Waals surface area contributed by atoms with Gasteiger partial charge in [-0.3, -0.25) is 0 Å². The molecule has 1 heterocycles. The third kappa shape index (κ3) is 4.32. The van der Waals surface area contributed by atoms with Crippen molar-refractivity contribution < 1.29 is 0 Å². The summed E-state index contributed by atoms with van der Waals surface area (Å²) in [4.78, 5) is 1.37. The molecule has 0 radical (unpaired) electrons. The number of aryl methyl sites for hydroxylation is 1. The maximum Gasteiger partial charge on any atom is 0.0803 e. The van der Waals surface area contributed by atoms with Gasteiger partial charge in [0.05, 0.1) is 10.6 Å². The van der Waals surface area contributed by atoms with Crippen LogP contribution in [0.2, 0.25) is 0 Å². The average Bonchev–Trinajstić information content (AvgIpc) is 2.79. The Hall–Kier alpha value is -0.480.